The maximum absolute atomic E-state index is 12.2. The van der Waals surface area contributed by atoms with E-state index in [1.807, 2.05) is 0 Å². The monoisotopic (exact) mass is 326 g/mol. The molecule has 2 aliphatic heterocycles. The number of nitrogens with one attached hydrogen (secondary N) is 3. The highest BCUT2D eigenvalue weighted by molar-refractivity contribution is 5.92. The first-order valence-corrected chi connectivity index (χ1v) is 7.79. The molecule has 0 aromatic heterocycles. The maximum Gasteiger partial charge on any atom is 0.322 e. The van der Waals surface area contributed by atoms with Crippen LogP contribution in [0.5, 0.6) is 0 Å². The number of nitrogens with zero attached hydrogens (tertiary/aromatic N) is 1. The minimum absolute atomic E-state index is 0.153. The van der Waals surface area contributed by atoms with Crippen LogP contribution in [-0.4, -0.2) is 72.0 Å². The smallest absolute Gasteiger partial charge is 0.322 e. The lowest BCUT2D eigenvalue weighted by atomic mass is 10.2. The SMILES string of the molecule is O=C(O)CNC(=O)C1CCCN1C(=O)CNC(=O)C1CCCN1. The van der Waals surface area contributed by atoms with Gasteiger partial charge < -0.3 is 26.0 Å². The second kappa shape index (κ2) is 7.91. The minimum Gasteiger partial charge on any atom is -0.480 e. The number of carbonyl (C=O) groups excluding carboxylic acids is 3. The highest BCUT2D eigenvalue weighted by atomic mass is 16.4. The molecule has 2 aliphatic rings. The van der Waals surface area contributed by atoms with Crippen molar-refractivity contribution in [2.75, 3.05) is 26.2 Å². The molecule has 2 rings (SSSR count). The quantitative estimate of drug-likeness (QED) is 0.449. The van der Waals surface area contributed by atoms with Crippen LogP contribution in [0.4, 0.5) is 0 Å². The van der Waals surface area contributed by atoms with Crippen molar-refractivity contribution >= 4 is 23.7 Å². The van der Waals surface area contributed by atoms with Gasteiger partial charge in [-0.05, 0) is 32.2 Å². The zero-order chi connectivity index (χ0) is 16.8. The normalized spacial score (nSPS) is 23.6. The van der Waals surface area contributed by atoms with Crippen LogP contribution in [0.15, 0.2) is 0 Å². The molecule has 0 aliphatic carbocycles. The summed E-state index contributed by atoms with van der Waals surface area (Å²) in [6.45, 7) is 0.604. The molecule has 9 nitrogen and oxygen atoms in total. The second-order valence-corrected chi connectivity index (χ2v) is 5.72. The van der Waals surface area contributed by atoms with Gasteiger partial charge >= 0.3 is 5.97 Å². The van der Waals surface area contributed by atoms with E-state index in [1.54, 1.807) is 0 Å². The Hall–Kier alpha value is -2.16. The zero-order valence-corrected chi connectivity index (χ0v) is 12.8. The number of likely N-dealkylation sites (tertiary alicyclic amines) is 1. The maximum atomic E-state index is 12.2. The molecule has 2 heterocycles. The average molecular weight is 326 g/mol. The fourth-order valence-corrected chi connectivity index (χ4v) is 2.91. The highest BCUT2D eigenvalue weighted by Gasteiger charge is 2.34. The number of hydrogen-bond acceptors (Lipinski definition) is 5. The summed E-state index contributed by atoms with van der Waals surface area (Å²) in [5.74, 6) is -2.14. The third-order valence-corrected chi connectivity index (χ3v) is 4.08. The number of amides is 3. The van der Waals surface area contributed by atoms with Gasteiger partial charge in [0, 0.05) is 6.54 Å². The Labute approximate surface area is 133 Å². The fourth-order valence-electron chi connectivity index (χ4n) is 2.91. The molecule has 23 heavy (non-hydrogen) atoms. The largest absolute Gasteiger partial charge is 0.480 e. The Bertz CT molecular complexity index is 490. The van der Waals surface area contributed by atoms with Crippen molar-refractivity contribution in [2.24, 2.45) is 0 Å². The summed E-state index contributed by atoms with van der Waals surface area (Å²) in [4.78, 5) is 47.9. The summed E-state index contributed by atoms with van der Waals surface area (Å²) in [5, 5.41) is 16.5. The van der Waals surface area contributed by atoms with Crippen LogP contribution < -0.4 is 16.0 Å². The van der Waals surface area contributed by atoms with E-state index >= 15 is 0 Å². The van der Waals surface area contributed by atoms with E-state index in [1.165, 1.54) is 4.90 Å². The van der Waals surface area contributed by atoms with Gasteiger partial charge in [-0.2, -0.15) is 0 Å². The van der Waals surface area contributed by atoms with Crippen LogP contribution in [0.2, 0.25) is 0 Å². The topological polar surface area (TPSA) is 128 Å². The Morgan fingerprint density at radius 2 is 1.78 bits per heavy atom. The summed E-state index contributed by atoms with van der Waals surface area (Å²) >= 11 is 0. The predicted octanol–water partition coefficient (Wildman–Crippen LogP) is -1.95. The van der Waals surface area contributed by atoms with Gasteiger partial charge in [0.2, 0.25) is 17.7 Å². The number of aliphatic carboxylic acids is 1. The van der Waals surface area contributed by atoms with E-state index in [9.17, 15) is 19.2 Å². The van der Waals surface area contributed by atoms with Gasteiger partial charge in [-0.1, -0.05) is 0 Å². The molecule has 0 radical (unpaired) electrons. The van der Waals surface area contributed by atoms with E-state index in [2.05, 4.69) is 16.0 Å². The number of carbonyl (C=O) groups is 4. The molecule has 0 aromatic rings. The molecule has 2 unspecified atom stereocenters. The summed E-state index contributed by atoms with van der Waals surface area (Å²) in [5.41, 5.74) is 0. The van der Waals surface area contributed by atoms with Gasteiger partial charge in [0.05, 0.1) is 12.6 Å². The Morgan fingerprint density at radius 3 is 2.43 bits per heavy atom. The lowest BCUT2D eigenvalue weighted by molar-refractivity contribution is -0.141. The molecular formula is C14H22N4O5. The highest BCUT2D eigenvalue weighted by Crippen LogP contribution is 2.17. The van der Waals surface area contributed by atoms with Crippen LogP contribution in [0.1, 0.15) is 25.7 Å². The van der Waals surface area contributed by atoms with Crippen molar-refractivity contribution in [1.82, 2.24) is 20.9 Å². The molecule has 2 atom stereocenters. The van der Waals surface area contributed by atoms with Crippen molar-refractivity contribution in [3.05, 3.63) is 0 Å². The summed E-state index contributed by atoms with van der Waals surface area (Å²) in [6, 6.07) is -0.917. The van der Waals surface area contributed by atoms with Crippen molar-refractivity contribution < 1.29 is 24.3 Å². The third-order valence-electron chi connectivity index (χ3n) is 4.08. The predicted molar refractivity (Wildman–Crippen MR) is 79.4 cm³/mol. The molecule has 9 heteroatoms. The van der Waals surface area contributed by atoms with E-state index in [-0.39, 0.29) is 24.4 Å². The average Bonchev–Trinajstić information content (AvgIpc) is 3.20. The van der Waals surface area contributed by atoms with Crippen LogP contribution in [0, 0.1) is 0 Å². The molecule has 3 amide bonds. The van der Waals surface area contributed by atoms with E-state index in [0.717, 1.165) is 19.4 Å². The zero-order valence-electron chi connectivity index (χ0n) is 12.8. The number of rotatable bonds is 6. The van der Waals surface area contributed by atoms with Gasteiger partial charge in [-0.3, -0.25) is 19.2 Å². The van der Waals surface area contributed by atoms with Gasteiger partial charge in [0.25, 0.3) is 0 Å². The van der Waals surface area contributed by atoms with Crippen molar-refractivity contribution in [3.8, 4) is 0 Å². The van der Waals surface area contributed by atoms with Crippen LogP contribution in [-0.2, 0) is 19.2 Å². The third kappa shape index (κ3) is 4.65. The number of carboxylic acid groups (broad SMARTS) is 1. The summed E-state index contributed by atoms with van der Waals surface area (Å²) in [7, 11) is 0. The molecule has 4 N–H and O–H groups in total. The second-order valence-electron chi connectivity index (χ2n) is 5.72. The molecule has 128 valence electrons. The molecule has 2 saturated heterocycles. The first-order chi connectivity index (χ1) is 11.0. The molecule has 2 fully saturated rings. The van der Waals surface area contributed by atoms with Crippen molar-refractivity contribution in [3.63, 3.8) is 0 Å². The summed E-state index contributed by atoms with van der Waals surface area (Å²) in [6.07, 6.45) is 2.86. The van der Waals surface area contributed by atoms with Crippen molar-refractivity contribution in [2.45, 2.75) is 37.8 Å². The first-order valence-electron chi connectivity index (χ1n) is 7.79. The van der Waals surface area contributed by atoms with Crippen LogP contribution >= 0.6 is 0 Å². The standard InChI is InChI=1S/C14H22N4O5/c19-11(7-16-13(22)9-3-1-5-15-9)18-6-2-4-10(18)14(23)17-8-12(20)21/h9-10,15H,1-8H2,(H,16,22)(H,17,23)(H,20,21). The Morgan fingerprint density at radius 1 is 1.04 bits per heavy atom. The lowest BCUT2D eigenvalue weighted by Gasteiger charge is -2.24. The van der Waals surface area contributed by atoms with Gasteiger partial charge in [0.1, 0.15) is 12.6 Å². The first kappa shape index (κ1) is 17.2. The van der Waals surface area contributed by atoms with E-state index in [4.69, 9.17) is 5.11 Å². The van der Waals surface area contributed by atoms with Crippen molar-refractivity contribution in [1.29, 1.82) is 0 Å². The van der Waals surface area contributed by atoms with Gasteiger partial charge in [0.15, 0.2) is 0 Å². The number of hydrogen-bond donors (Lipinski definition) is 4. The summed E-state index contributed by atoms with van der Waals surface area (Å²) < 4.78 is 0. The number of carboxylic acids is 1. The van der Waals surface area contributed by atoms with Gasteiger partial charge in [-0.15, -0.1) is 0 Å². The minimum atomic E-state index is -1.13. The lowest BCUT2D eigenvalue weighted by Crippen LogP contribution is -2.51. The van der Waals surface area contributed by atoms with E-state index < -0.39 is 24.5 Å². The fraction of sp³-hybridized carbons (Fsp3) is 0.714. The molecule has 0 aromatic carbocycles. The van der Waals surface area contributed by atoms with E-state index in [0.29, 0.717) is 19.4 Å². The molecule has 0 saturated carbocycles. The Kier molecular flexibility index (Phi) is 5.91. The molecule has 0 spiro atoms. The van der Waals surface area contributed by atoms with Crippen LogP contribution in [0.25, 0.3) is 0 Å². The molecular weight excluding hydrogens is 304 g/mol. The Balaban J connectivity index is 1.81. The molecule has 0 bridgehead atoms. The van der Waals surface area contributed by atoms with Gasteiger partial charge in [-0.25, -0.2) is 0 Å². The van der Waals surface area contributed by atoms with Crippen LogP contribution in [0.3, 0.4) is 0 Å².